The fraction of sp³-hybridized carbons (Fsp3) is 0.333. The zero-order valence-electron chi connectivity index (χ0n) is 11.7. The van der Waals surface area contributed by atoms with Gasteiger partial charge in [0.1, 0.15) is 18.1 Å². The van der Waals surface area contributed by atoms with E-state index in [1.807, 2.05) is 12.1 Å². The van der Waals surface area contributed by atoms with Gasteiger partial charge in [-0.05, 0) is 61.9 Å². The Kier molecular flexibility index (Phi) is 7.03. The Labute approximate surface area is 145 Å². The van der Waals surface area contributed by atoms with Gasteiger partial charge in [-0.1, -0.05) is 6.07 Å². The van der Waals surface area contributed by atoms with Crippen LogP contribution in [0.3, 0.4) is 0 Å². The molecule has 0 bridgehead atoms. The molecule has 0 unspecified atom stereocenters. The average Bonchev–Trinajstić information content (AvgIpc) is 2.99. The van der Waals surface area contributed by atoms with E-state index in [0.717, 1.165) is 40.0 Å². The minimum atomic E-state index is 0.627. The lowest BCUT2D eigenvalue weighted by Gasteiger charge is -2.11. The number of rotatable bonds is 8. The highest BCUT2D eigenvalue weighted by atomic mass is 79.9. The normalized spacial score (nSPS) is 10.6. The minimum absolute atomic E-state index is 0.627. The molecule has 1 heterocycles. The molecular weight excluding hydrogens is 418 g/mol. The summed E-state index contributed by atoms with van der Waals surface area (Å²) in [6.07, 6.45) is 1.06. The SMILES string of the molecule is COc1cc(Br)c(OCCNCCc2cccs2)cc1Br. The molecule has 1 aromatic carbocycles. The lowest BCUT2D eigenvalue weighted by molar-refractivity contribution is 0.311. The van der Waals surface area contributed by atoms with Crippen molar-refractivity contribution in [3.63, 3.8) is 0 Å². The molecule has 0 aliphatic rings. The fourth-order valence-corrected chi connectivity index (χ4v) is 3.43. The van der Waals surface area contributed by atoms with E-state index in [4.69, 9.17) is 9.47 Å². The highest BCUT2D eigenvalue weighted by Crippen LogP contribution is 2.35. The van der Waals surface area contributed by atoms with E-state index < -0.39 is 0 Å². The van der Waals surface area contributed by atoms with Gasteiger partial charge in [0.15, 0.2) is 0 Å². The van der Waals surface area contributed by atoms with E-state index in [-0.39, 0.29) is 0 Å². The maximum atomic E-state index is 5.76. The number of methoxy groups -OCH3 is 1. The molecule has 0 spiro atoms. The number of hydrogen-bond acceptors (Lipinski definition) is 4. The number of benzene rings is 1. The summed E-state index contributed by atoms with van der Waals surface area (Å²) >= 11 is 8.74. The van der Waals surface area contributed by atoms with Gasteiger partial charge in [-0.3, -0.25) is 0 Å². The molecule has 0 atom stereocenters. The van der Waals surface area contributed by atoms with E-state index in [9.17, 15) is 0 Å². The molecule has 114 valence electrons. The first-order chi connectivity index (χ1) is 10.2. The second-order valence-electron chi connectivity index (χ2n) is 4.35. The van der Waals surface area contributed by atoms with Crippen LogP contribution in [0.15, 0.2) is 38.6 Å². The summed E-state index contributed by atoms with van der Waals surface area (Å²) in [5.41, 5.74) is 0. The maximum Gasteiger partial charge on any atom is 0.134 e. The Bertz CT molecular complexity index is 561. The van der Waals surface area contributed by atoms with E-state index in [1.54, 1.807) is 18.4 Å². The van der Waals surface area contributed by atoms with Crippen LogP contribution in [-0.2, 0) is 6.42 Å². The first kappa shape index (κ1) is 16.8. The maximum absolute atomic E-state index is 5.76. The Hall–Kier alpha value is -0.560. The highest BCUT2D eigenvalue weighted by molar-refractivity contribution is 9.11. The molecule has 3 nitrogen and oxygen atoms in total. The molecule has 0 saturated carbocycles. The standard InChI is InChI=1S/C15H17Br2NO2S/c1-19-14-9-13(17)15(10-12(14)16)20-7-6-18-5-4-11-3-2-8-21-11/h2-3,8-10,18H,4-7H2,1H3. The van der Waals surface area contributed by atoms with Crippen LogP contribution in [-0.4, -0.2) is 26.8 Å². The number of ether oxygens (including phenoxy) is 2. The van der Waals surface area contributed by atoms with Crippen LogP contribution >= 0.6 is 43.2 Å². The molecule has 6 heteroatoms. The van der Waals surface area contributed by atoms with Crippen molar-refractivity contribution in [3.8, 4) is 11.5 Å². The smallest absolute Gasteiger partial charge is 0.134 e. The Morgan fingerprint density at radius 3 is 2.62 bits per heavy atom. The molecule has 0 amide bonds. The van der Waals surface area contributed by atoms with Crippen molar-refractivity contribution in [1.82, 2.24) is 5.32 Å². The minimum Gasteiger partial charge on any atom is -0.496 e. The quantitative estimate of drug-likeness (QED) is 0.620. The van der Waals surface area contributed by atoms with Crippen LogP contribution in [0.2, 0.25) is 0 Å². The third-order valence-corrected chi connectivity index (χ3v) is 5.05. The van der Waals surface area contributed by atoms with E-state index in [1.165, 1.54) is 4.88 Å². The van der Waals surface area contributed by atoms with E-state index >= 15 is 0 Å². The summed E-state index contributed by atoms with van der Waals surface area (Å²) in [5, 5.41) is 5.49. The molecule has 1 aromatic heterocycles. The van der Waals surface area contributed by atoms with Crippen molar-refractivity contribution in [1.29, 1.82) is 0 Å². The van der Waals surface area contributed by atoms with Gasteiger partial charge in [-0.15, -0.1) is 11.3 Å². The number of hydrogen-bond donors (Lipinski definition) is 1. The third kappa shape index (κ3) is 5.29. The first-order valence-electron chi connectivity index (χ1n) is 6.59. The first-order valence-corrected chi connectivity index (χ1v) is 9.06. The zero-order valence-corrected chi connectivity index (χ0v) is 15.7. The van der Waals surface area contributed by atoms with Crippen LogP contribution in [0.4, 0.5) is 0 Å². The second-order valence-corrected chi connectivity index (χ2v) is 7.09. The fourth-order valence-electron chi connectivity index (χ4n) is 1.80. The van der Waals surface area contributed by atoms with E-state index in [2.05, 4.69) is 54.7 Å². The largest absolute Gasteiger partial charge is 0.496 e. The predicted molar refractivity (Wildman–Crippen MR) is 94.8 cm³/mol. The van der Waals surface area contributed by atoms with Gasteiger partial charge in [0.05, 0.1) is 16.1 Å². The monoisotopic (exact) mass is 433 g/mol. The van der Waals surface area contributed by atoms with Gasteiger partial charge >= 0.3 is 0 Å². The molecule has 1 N–H and O–H groups in total. The summed E-state index contributed by atoms with van der Waals surface area (Å²) in [5.74, 6) is 1.59. The summed E-state index contributed by atoms with van der Waals surface area (Å²) in [4.78, 5) is 1.41. The van der Waals surface area contributed by atoms with Crippen LogP contribution < -0.4 is 14.8 Å². The Morgan fingerprint density at radius 2 is 1.90 bits per heavy atom. The number of thiophene rings is 1. The van der Waals surface area contributed by atoms with Gasteiger partial charge in [-0.25, -0.2) is 0 Å². The topological polar surface area (TPSA) is 30.5 Å². The van der Waals surface area contributed by atoms with Crippen LogP contribution in [0.5, 0.6) is 11.5 Å². The van der Waals surface area contributed by atoms with Crippen molar-refractivity contribution in [2.75, 3.05) is 26.8 Å². The van der Waals surface area contributed by atoms with Crippen molar-refractivity contribution >= 4 is 43.2 Å². The molecular formula is C15H17Br2NO2S. The summed E-state index contributed by atoms with van der Waals surface area (Å²) in [6.45, 7) is 2.42. The van der Waals surface area contributed by atoms with Crippen molar-refractivity contribution in [2.24, 2.45) is 0 Å². The summed E-state index contributed by atoms with van der Waals surface area (Å²) in [7, 11) is 1.64. The number of halogens is 2. The van der Waals surface area contributed by atoms with Crippen molar-refractivity contribution < 1.29 is 9.47 Å². The molecule has 2 rings (SSSR count). The molecule has 2 aromatic rings. The average molecular weight is 435 g/mol. The van der Waals surface area contributed by atoms with Crippen LogP contribution in [0.1, 0.15) is 4.88 Å². The lowest BCUT2D eigenvalue weighted by Crippen LogP contribution is -2.23. The van der Waals surface area contributed by atoms with Crippen LogP contribution in [0.25, 0.3) is 0 Å². The summed E-state index contributed by atoms with van der Waals surface area (Å²) in [6, 6.07) is 8.05. The van der Waals surface area contributed by atoms with Gasteiger partial charge < -0.3 is 14.8 Å². The van der Waals surface area contributed by atoms with E-state index in [0.29, 0.717) is 6.61 Å². The predicted octanol–water partition coefficient (Wildman–Crippen LogP) is 4.49. The molecule has 0 fully saturated rings. The highest BCUT2D eigenvalue weighted by Gasteiger charge is 2.07. The molecule has 0 radical (unpaired) electrons. The molecule has 21 heavy (non-hydrogen) atoms. The van der Waals surface area contributed by atoms with Gasteiger partial charge in [-0.2, -0.15) is 0 Å². The van der Waals surface area contributed by atoms with Crippen molar-refractivity contribution in [2.45, 2.75) is 6.42 Å². The second kappa shape index (κ2) is 8.78. The Morgan fingerprint density at radius 1 is 1.14 bits per heavy atom. The van der Waals surface area contributed by atoms with Gasteiger partial charge in [0.25, 0.3) is 0 Å². The van der Waals surface area contributed by atoms with Crippen LogP contribution in [0, 0.1) is 0 Å². The Balaban J connectivity index is 1.70. The molecule has 0 saturated heterocycles. The van der Waals surface area contributed by atoms with Gasteiger partial charge in [0, 0.05) is 18.0 Å². The summed E-state index contributed by atoms with van der Waals surface area (Å²) < 4.78 is 12.8. The number of nitrogens with one attached hydrogen (secondary N) is 1. The lowest BCUT2D eigenvalue weighted by atomic mass is 10.3. The third-order valence-electron chi connectivity index (χ3n) is 2.87. The zero-order chi connectivity index (χ0) is 15.1. The van der Waals surface area contributed by atoms with Crippen molar-refractivity contribution in [3.05, 3.63) is 43.5 Å². The molecule has 0 aliphatic carbocycles. The van der Waals surface area contributed by atoms with Gasteiger partial charge in [0.2, 0.25) is 0 Å². The molecule has 0 aliphatic heterocycles.